The highest BCUT2D eigenvalue weighted by atomic mass is 35.5. The van der Waals surface area contributed by atoms with E-state index >= 15 is 0 Å². The summed E-state index contributed by atoms with van der Waals surface area (Å²) in [6, 6.07) is 9.40. The van der Waals surface area contributed by atoms with Crippen LogP contribution >= 0.6 is 11.6 Å². The molecule has 1 saturated heterocycles. The normalized spacial score (nSPS) is 20.7. The molecule has 0 saturated carbocycles. The molecule has 2 aliphatic rings. The molecule has 12 heteroatoms. The first-order valence-corrected chi connectivity index (χ1v) is 13.1. The van der Waals surface area contributed by atoms with Crippen LogP contribution in [-0.4, -0.2) is 71.3 Å². The minimum atomic E-state index is -0.874. The van der Waals surface area contributed by atoms with E-state index in [0.717, 1.165) is 10.5 Å². The Bertz CT molecular complexity index is 1340. The van der Waals surface area contributed by atoms with Crippen molar-refractivity contribution in [2.75, 3.05) is 24.6 Å². The third-order valence-corrected chi connectivity index (χ3v) is 6.26. The zero-order valence-electron chi connectivity index (χ0n) is 22.7. The fourth-order valence-electron chi connectivity index (χ4n) is 4.23. The van der Waals surface area contributed by atoms with Gasteiger partial charge in [0.15, 0.2) is 0 Å². The summed E-state index contributed by atoms with van der Waals surface area (Å²) in [5, 5.41) is 2.94. The molecule has 3 heterocycles. The molecule has 0 radical (unpaired) electrons. The fourth-order valence-corrected chi connectivity index (χ4v) is 4.44. The lowest BCUT2D eigenvalue weighted by Gasteiger charge is -2.25. The lowest BCUT2D eigenvalue weighted by Crippen LogP contribution is -2.47. The monoisotopic (exact) mass is 570 g/mol. The van der Waals surface area contributed by atoms with Crippen molar-refractivity contribution in [3.63, 3.8) is 0 Å². The van der Waals surface area contributed by atoms with Gasteiger partial charge in [-0.25, -0.2) is 19.5 Å². The number of benzene rings is 1. The van der Waals surface area contributed by atoms with Crippen molar-refractivity contribution in [2.24, 2.45) is 0 Å². The van der Waals surface area contributed by atoms with Gasteiger partial charge in [0, 0.05) is 19.0 Å². The Morgan fingerprint density at radius 2 is 1.90 bits per heavy atom. The van der Waals surface area contributed by atoms with E-state index in [-0.39, 0.29) is 48.6 Å². The van der Waals surface area contributed by atoms with Crippen LogP contribution in [0.4, 0.5) is 15.4 Å². The molecule has 1 N–H and O–H groups in total. The van der Waals surface area contributed by atoms with E-state index in [4.69, 9.17) is 25.8 Å². The van der Waals surface area contributed by atoms with Gasteiger partial charge >= 0.3 is 12.2 Å². The Hall–Kier alpha value is -4.12. The van der Waals surface area contributed by atoms with Gasteiger partial charge in [-0.15, -0.1) is 0 Å². The molecule has 0 unspecified atom stereocenters. The molecular weight excluding hydrogens is 540 g/mol. The maximum Gasteiger partial charge on any atom is 0.419 e. The number of imide groups is 1. The Balaban J connectivity index is 1.68. The molecule has 212 valence electrons. The second kappa shape index (κ2) is 12.0. The van der Waals surface area contributed by atoms with E-state index in [1.165, 1.54) is 24.0 Å². The van der Waals surface area contributed by atoms with Crippen LogP contribution in [0.15, 0.2) is 48.6 Å². The second-order valence-electron chi connectivity index (χ2n) is 10.4. The number of cyclic esters (lactones) is 1. The number of halogens is 1. The summed E-state index contributed by atoms with van der Waals surface area (Å²) in [5.74, 6) is -0.0208. The molecule has 4 bridgehead atoms. The smallest absolute Gasteiger partial charge is 0.419 e. The van der Waals surface area contributed by atoms with E-state index in [0.29, 0.717) is 5.75 Å². The molecule has 0 spiro atoms. The van der Waals surface area contributed by atoms with E-state index in [1.54, 1.807) is 39.0 Å². The number of rotatable bonds is 1. The molecule has 1 aromatic heterocycles. The van der Waals surface area contributed by atoms with Crippen LogP contribution in [0.2, 0.25) is 5.15 Å². The van der Waals surface area contributed by atoms with Crippen molar-refractivity contribution in [1.82, 2.24) is 15.2 Å². The summed E-state index contributed by atoms with van der Waals surface area (Å²) in [6.45, 7) is 6.79. The topological polar surface area (TPSA) is 127 Å². The van der Waals surface area contributed by atoms with E-state index in [2.05, 4.69) is 10.3 Å². The van der Waals surface area contributed by atoms with Crippen LogP contribution in [0.5, 0.6) is 5.75 Å². The first-order valence-electron chi connectivity index (χ1n) is 12.7. The lowest BCUT2D eigenvalue weighted by atomic mass is 10.00. The van der Waals surface area contributed by atoms with Gasteiger partial charge in [0.25, 0.3) is 5.91 Å². The molecule has 1 aromatic carbocycles. The highest BCUT2D eigenvalue weighted by Crippen LogP contribution is 2.24. The highest BCUT2D eigenvalue weighted by Gasteiger charge is 2.42. The first-order chi connectivity index (χ1) is 18.9. The second-order valence-corrected chi connectivity index (χ2v) is 10.8. The van der Waals surface area contributed by atoms with Crippen molar-refractivity contribution >= 4 is 41.4 Å². The molecule has 0 aliphatic carbocycles. The molecule has 2 aliphatic heterocycles. The number of nitrogens with one attached hydrogen (secondary N) is 1. The van der Waals surface area contributed by atoms with Gasteiger partial charge in [-0.05, 0) is 63.1 Å². The summed E-state index contributed by atoms with van der Waals surface area (Å²) in [7, 11) is 0. The number of hydrogen-bond acceptors (Lipinski definition) is 8. The molecular formula is C28H31ClN4O7. The molecule has 4 rings (SSSR count). The zero-order valence-corrected chi connectivity index (χ0v) is 23.4. The van der Waals surface area contributed by atoms with Gasteiger partial charge in [-0.2, -0.15) is 0 Å². The standard InChI is InChI=1S/C28H31ClN4O7/c1-17(34)32-10-5-6-11-38-20-9-7-8-18(12-20)13-21(30-25(35)19-14-23(29)31-24(32)15-19)22-16-33(26(36)39-22)27(37)40-28(2,3)4/h5-9,12,14-15,21-22H,10-11,13,16H2,1-4H3,(H,30,35)/b6-5+/t21-,22+/m0/s1. The number of ether oxygens (including phenoxy) is 3. The van der Waals surface area contributed by atoms with Crippen LogP contribution in [0, 0.1) is 0 Å². The summed E-state index contributed by atoms with van der Waals surface area (Å²) >= 11 is 6.24. The van der Waals surface area contributed by atoms with Gasteiger partial charge in [-0.3, -0.25) is 14.5 Å². The van der Waals surface area contributed by atoms with Crippen molar-refractivity contribution in [3.05, 3.63) is 64.8 Å². The highest BCUT2D eigenvalue weighted by molar-refractivity contribution is 6.30. The molecule has 4 amide bonds. The van der Waals surface area contributed by atoms with Crippen LogP contribution in [0.1, 0.15) is 43.6 Å². The van der Waals surface area contributed by atoms with Crippen LogP contribution in [0.3, 0.4) is 0 Å². The number of carbonyl (C=O) groups is 4. The van der Waals surface area contributed by atoms with Gasteiger partial charge in [-0.1, -0.05) is 29.8 Å². The van der Waals surface area contributed by atoms with Crippen molar-refractivity contribution in [2.45, 2.75) is 51.9 Å². The fraction of sp³-hybridized carbons (Fsp3) is 0.393. The molecule has 11 nitrogen and oxygen atoms in total. The summed E-state index contributed by atoms with van der Waals surface area (Å²) in [6.07, 6.45) is 1.22. The number of pyridine rings is 1. The minimum Gasteiger partial charge on any atom is -0.490 e. The van der Waals surface area contributed by atoms with E-state index in [9.17, 15) is 19.2 Å². The van der Waals surface area contributed by atoms with E-state index in [1.807, 2.05) is 18.2 Å². The summed E-state index contributed by atoms with van der Waals surface area (Å²) in [4.78, 5) is 57.6. The lowest BCUT2D eigenvalue weighted by molar-refractivity contribution is -0.116. The number of amides is 4. The van der Waals surface area contributed by atoms with Gasteiger partial charge in [0.2, 0.25) is 5.91 Å². The Morgan fingerprint density at radius 1 is 1.12 bits per heavy atom. The van der Waals surface area contributed by atoms with Crippen LogP contribution in [-0.2, 0) is 20.7 Å². The predicted octanol–water partition coefficient (Wildman–Crippen LogP) is 4.13. The number of anilines is 1. The number of aromatic nitrogens is 1. The van der Waals surface area contributed by atoms with Gasteiger partial charge in [0.1, 0.15) is 35.0 Å². The molecule has 2 aromatic rings. The molecule has 40 heavy (non-hydrogen) atoms. The average Bonchev–Trinajstić information content (AvgIpc) is 3.25. The van der Waals surface area contributed by atoms with Gasteiger partial charge < -0.3 is 19.5 Å². The minimum absolute atomic E-state index is 0.0231. The first kappa shape index (κ1) is 28.9. The Labute approximate surface area is 237 Å². The average molecular weight is 571 g/mol. The SMILES string of the molecule is CC(=O)N1C/C=C/COc2cccc(c2)C[C@@H]([C@H]2CN(C(=O)OC(C)(C)C)C(=O)O2)NC(=O)c2cc(Cl)nc1c2. The molecule has 1 fully saturated rings. The zero-order chi connectivity index (χ0) is 29.0. The van der Waals surface area contributed by atoms with Crippen molar-refractivity contribution in [3.8, 4) is 5.75 Å². The summed E-state index contributed by atoms with van der Waals surface area (Å²) in [5.41, 5.74) is 0.155. The quantitative estimate of drug-likeness (QED) is 0.400. The third kappa shape index (κ3) is 7.29. The molecule has 2 atom stereocenters. The van der Waals surface area contributed by atoms with Crippen LogP contribution < -0.4 is 15.0 Å². The number of fused-ring (bicyclic) bond motifs is 4. The van der Waals surface area contributed by atoms with Crippen molar-refractivity contribution < 1.29 is 33.4 Å². The van der Waals surface area contributed by atoms with Crippen molar-refractivity contribution in [1.29, 1.82) is 0 Å². The number of nitrogens with zero attached hydrogens (tertiary/aromatic N) is 3. The number of hydrogen-bond donors (Lipinski definition) is 1. The van der Waals surface area contributed by atoms with Crippen LogP contribution in [0.25, 0.3) is 0 Å². The maximum absolute atomic E-state index is 13.5. The third-order valence-electron chi connectivity index (χ3n) is 6.07. The summed E-state index contributed by atoms with van der Waals surface area (Å²) < 4.78 is 16.7. The predicted molar refractivity (Wildman–Crippen MR) is 147 cm³/mol. The van der Waals surface area contributed by atoms with Gasteiger partial charge in [0.05, 0.1) is 12.6 Å². The number of carbonyl (C=O) groups excluding carboxylic acids is 4. The Morgan fingerprint density at radius 3 is 2.62 bits per heavy atom. The maximum atomic E-state index is 13.5. The van der Waals surface area contributed by atoms with E-state index < -0.39 is 35.8 Å². The Kier molecular flexibility index (Phi) is 8.63. The largest absolute Gasteiger partial charge is 0.490 e.